The van der Waals surface area contributed by atoms with Crippen molar-refractivity contribution in [1.29, 1.82) is 0 Å². The Bertz CT molecular complexity index is 832. The highest BCUT2D eigenvalue weighted by molar-refractivity contribution is 6.07. The molecular formula is C17H16N4O. The van der Waals surface area contributed by atoms with Gasteiger partial charge in [-0.25, -0.2) is 4.98 Å². The Labute approximate surface area is 128 Å². The largest absolute Gasteiger partial charge is 0.368 e. The van der Waals surface area contributed by atoms with E-state index < -0.39 is 0 Å². The van der Waals surface area contributed by atoms with Crippen LogP contribution in [-0.2, 0) is 0 Å². The fourth-order valence-corrected chi connectivity index (χ4v) is 2.40. The van der Waals surface area contributed by atoms with Crippen LogP contribution in [0, 0.1) is 0 Å². The van der Waals surface area contributed by atoms with Crippen LogP contribution in [-0.4, -0.2) is 22.4 Å². The number of fused-ring (bicyclic) bond motifs is 1. The zero-order valence-electron chi connectivity index (χ0n) is 12.2. The summed E-state index contributed by atoms with van der Waals surface area (Å²) in [6, 6.07) is 15.3. The maximum Gasteiger partial charge on any atom is 0.259 e. The molecule has 0 atom stereocenters. The summed E-state index contributed by atoms with van der Waals surface area (Å²) in [4.78, 5) is 22.3. The molecule has 0 unspecified atom stereocenters. The number of hydrogen-bond donors (Lipinski definition) is 1. The lowest BCUT2D eigenvalue weighted by atomic mass is 10.1. The number of nitrogens with two attached hydrogens (primary N) is 1. The minimum absolute atomic E-state index is 0.105. The van der Waals surface area contributed by atoms with Gasteiger partial charge >= 0.3 is 0 Å². The highest BCUT2D eigenvalue weighted by atomic mass is 16.2. The lowest BCUT2D eigenvalue weighted by molar-refractivity contribution is 0.0987. The summed E-state index contributed by atoms with van der Waals surface area (Å²) < 4.78 is 0. The summed E-state index contributed by atoms with van der Waals surface area (Å²) in [5.41, 5.74) is 6.23. The number of aromatic nitrogens is 2. The summed E-state index contributed by atoms with van der Waals surface area (Å²) in [6.07, 6.45) is 1.55. The molecule has 0 saturated heterocycles. The molecule has 22 heavy (non-hydrogen) atoms. The van der Waals surface area contributed by atoms with Crippen molar-refractivity contribution in [2.75, 3.05) is 17.2 Å². The lowest BCUT2D eigenvalue weighted by Crippen LogP contribution is -2.31. The fourth-order valence-electron chi connectivity index (χ4n) is 2.40. The summed E-state index contributed by atoms with van der Waals surface area (Å²) in [5, 5.41) is 2.14. The van der Waals surface area contributed by atoms with Gasteiger partial charge in [0.2, 0.25) is 5.95 Å². The summed E-state index contributed by atoms with van der Waals surface area (Å²) >= 11 is 0. The number of nitrogens with zero attached hydrogens (tertiary/aromatic N) is 3. The number of carbonyl (C=O) groups excluding carboxylic acids is 1. The Balaban J connectivity index is 1.99. The van der Waals surface area contributed by atoms with Crippen LogP contribution in [0.3, 0.4) is 0 Å². The standard InChI is InChI=1S/C17H16N4O/c1-2-21(15-9-10-19-17(18)20-15)16(22)14-8-7-12-5-3-4-6-13(12)11-14/h3-11H,2H2,1H3,(H2,18,19,20). The molecule has 0 aliphatic rings. The zero-order chi connectivity index (χ0) is 15.5. The normalized spacial score (nSPS) is 10.6. The van der Waals surface area contributed by atoms with Crippen LogP contribution in [0.2, 0.25) is 0 Å². The smallest absolute Gasteiger partial charge is 0.259 e. The molecule has 5 heteroatoms. The highest BCUT2D eigenvalue weighted by Crippen LogP contribution is 2.19. The van der Waals surface area contributed by atoms with E-state index in [1.165, 1.54) is 0 Å². The Morgan fingerprint density at radius 1 is 1.14 bits per heavy atom. The van der Waals surface area contributed by atoms with Crippen LogP contribution < -0.4 is 10.6 Å². The molecular weight excluding hydrogens is 276 g/mol. The van der Waals surface area contributed by atoms with E-state index in [9.17, 15) is 4.79 Å². The number of anilines is 2. The average molecular weight is 292 g/mol. The molecule has 0 spiro atoms. The van der Waals surface area contributed by atoms with Gasteiger partial charge in [0.1, 0.15) is 5.82 Å². The minimum atomic E-state index is -0.105. The summed E-state index contributed by atoms with van der Waals surface area (Å²) in [6.45, 7) is 2.40. The lowest BCUT2D eigenvalue weighted by Gasteiger charge is -2.20. The van der Waals surface area contributed by atoms with E-state index in [-0.39, 0.29) is 11.9 Å². The first kappa shape index (κ1) is 14.0. The molecule has 0 bridgehead atoms. The van der Waals surface area contributed by atoms with Crippen molar-refractivity contribution < 1.29 is 4.79 Å². The number of hydrogen-bond acceptors (Lipinski definition) is 4. The average Bonchev–Trinajstić information content (AvgIpc) is 2.55. The minimum Gasteiger partial charge on any atom is -0.368 e. The molecule has 1 amide bonds. The van der Waals surface area contributed by atoms with Gasteiger partial charge in [0.15, 0.2) is 0 Å². The SMILES string of the molecule is CCN(C(=O)c1ccc2ccccc2c1)c1ccnc(N)n1. The maximum absolute atomic E-state index is 12.8. The molecule has 0 aliphatic carbocycles. The number of rotatable bonds is 3. The predicted molar refractivity (Wildman–Crippen MR) is 87.7 cm³/mol. The third-order valence-electron chi connectivity index (χ3n) is 3.49. The van der Waals surface area contributed by atoms with Gasteiger partial charge in [-0.1, -0.05) is 30.3 Å². The predicted octanol–water partition coefficient (Wildman–Crippen LogP) is 2.88. The first-order valence-corrected chi connectivity index (χ1v) is 7.08. The summed E-state index contributed by atoms with van der Waals surface area (Å²) in [5.74, 6) is 0.557. The molecule has 0 fully saturated rings. The van der Waals surface area contributed by atoms with Crippen LogP contribution in [0.15, 0.2) is 54.7 Å². The summed E-state index contributed by atoms with van der Waals surface area (Å²) in [7, 11) is 0. The molecule has 3 rings (SSSR count). The van der Waals surface area contributed by atoms with Gasteiger partial charge in [-0.2, -0.15) is 4.98 Å². The monoisotopic (exact) mass is 292 g/mol. The Kier molecular flexibility index (Phi) is 3.70. The van der Waals surface area contributed by atoms with Gasteiger partial charge < -0.3 is 5.73 Å². The molecule has 0 saturated carbocycles. The van der Waals surface area contributed by atoms with Crippen molar-refractivity contribution in [3.63, 3.8) is 0 Å². The number of carbonyl (C=O) groups is 1. The zero-order valence-corrected chi connectivity index (χ0v) is 12.2. The van der Waals surface area contributed by atoms with Crippen LogP contribution in [0.4, 0.5) is 11.8 Å². The maximum atomic E-state index is 12.8. The molecule has 1 aromatic heterocycles. The fraction of sp³-hybridized carbons (Fsp3) is 0.118. The van der Waals surface area contributed by atoms with E-state index in [1.807, 2.05) is 49.4 Å². The van der Waals surface area contributed by atoms with Crippen LogP contribution in [0.1, 0.15) is 17.3 Å². The van der Waals surface area contributed by atoms with Crippen molar-refractivity contribution in [2.24, 2.45) is 0 Å². The van der Waals surface area contributed by atoms with Crippen LogP contribution >= 0.6 is 0 Å². The van der Waals surface area contributed by atoms with Gasteiger partial charge in [-0.05, 0) is 35.9 Å². The van der Waals surface area contributed by atoms with Crippen molar-refractivity contribution in [2.45, 2.75) is 6.92 Å². The number of benzene rings is 2. The highest BCUT2D eigenvalue weighted by Gasteiger charge is 2.17. The topological polar surface area (TPSA) is 72.1 Å². The van der Waals surface area contributed by atoms with E-state index >= 15 is 0 Å². The molecule has 0 radical (unpaired) electrons. The Morgan fingerprint density at radius 2 is 1.91 bits per heavy atom. The third-order valence-corrected chi connectivity index (χ3v) is 3.49. The molecule has 3 aromatic rings. The van der Waals surface area contributed by atoms with Crippen molar-refractivity contribution in [3.05, 3.63) is 60.3 Å². The molecule has 110 valence electrons. The first-order valence-electron chi connectivity index (χ1n) is 7.08. The third kappa shape index (κ3) is 2.61. The van der Waals surface area contributed by atoms with E-state index in [4.69, 9.17) is 5.73 Å². The van der Waals surface area contributed by atoms with Crippen LogP contribution in [0.25, 0.3) is 10.8 Å². The number of nitrogen functional groups attached to an aromatic ring is 1. The Hall–Kier alpha value is -2.95. The van der Waals surface area contributed by atoms with E-state index in [0.717, 1.165) is 10.8 Å². The van der Waals surface area contributed by atoms with Gasteiger partial charge in [0.05, 0.1) is 0 Å². The quantitative estimate of drug-likeness (QED) is 0.805. The first-order chi connectivity index (χ1) is 10.7. The van der Waals surface area contributed by atoms with E-state index in [1.54, 1.807) is 17.2 Å². The van der Waals surface area contributed by atoms with Crippen molar-refractivity contribution >= 4 is 28.4 Å². The molecule has 5 nitrogen and oxygen atoms in total. The van der Waals surface area contributed by atoms with Gasteiger partial charge in [-0.3, -0.25) is 9.69 Å². The molecule has 2 N–H and O–H groups in total. The van der Waals surface area contributed by atoms with Crippen molar-refractivity contribution in [3.8, 4) is 0 Å². The Morgan fingerprint density at radius 3 is 2.64 bits per heavy atom. The van der Waals surface area contributed by atoms with E-state index in [0.29, 0.717) is 17.9 Å². The van der Waals surface area contributed by atoms with E-state index in [2.05, 4.69) is 9.97 Å². The number of amides is 1. The second-order valence-electron chi connectivity index (χ2n) is 4.88. The molecule has 0 aliphatic heterocycles. The van der Waals surface area contributed by atoms with Gasteiger partial charge in [-0.15, -0.1) is 0 Å². The van der Waals surface area contributed by atoms with Gasteiger partial charge in [0.25, 0.3) is 5.91 Å². The van der Waals surface area contributed by atoms with Crippen molar-refractivity contribution in [1.82, 2.24) is 9.97 Å². The second-order valence-corrected chi connectivity index (χ2v) is 4.88. The second kappa shape index (κ2) is 5.81. The van der Waals surface area contributed by atoms with Crippen LogP contribution in [0.5, 0.6) is 0 Å². The van der Waals surface area contributed by atoms with Gasteiger partial charge in [0, 0.05) is 18.3 Å². The molecule has 2 aromatic carbocycles. The molecule has 1 heterocycles.